The van der Waals surface area contributed by atoms with E-state index in [1.54, 1.807) is 39.0 Å². The van der Waals surface area contributed by atoms with Crippen molar-refractivity contribution in [1.29, 1.82) is 0 Å². The molecule has 108 valence electrons. The van der Waals surface area contributed by atoms with E-state index in [1.807, 2.05) is 0 Å². The molecule has 1 aromatic carbocycles. The second kappa shape index (κ2) is 4.63. The number of rotatable bonds is 1. The molecule has 20 heavy (non-hydrogen) atoms. The molecule has 0 atom stereocenters. The molecule has 0 aliphatic carbocycles. The Morgan fingerprint density at radius 1 is 1.20 bits per heavy atom. The van der Waals surface area contributed by atoms with E-state index >= 15 is 0 Å². The van der Waals surface area contributed by atoms with Crippen molar-refractivity contribution in [1.82, 2.24) is 4.57 Å². The quantitative estimate of drug-likeness (QED) is 0.811. The van der Waals surface area contributed by atoms with Gasteiger partial charge in [-0.05, 0) is 32.9 Å². The molecule has 2 aromatic rings. The lowest BCUT2D eigenvalue weighted by Gasteiger charge is -2.20. The third-order valence-corrected chi connectivity index (χ3v) is 3.79. The number of nitrogens with zero attached hydrogens (tertiary/aromatic N) is 1. The summed E-state index contributed by atoms with van der Waals surface area (Å²) in [5.41, 5.74) is -0.294. The van der Waals surface area contributed by atoms with Crippen LogP contribution in [0.3, 0.4) is 0 Å². The fourth-order valence-corrected chi connectivity index (χ4v) is 2.82. The number of carbonyl (C=O) groups excluding carboxylic acids is 1. The first-order chi connectivity index (χ1) is 9.09. The van der Waals surface area contributed by atoms with Gasteiger partial charge in [-0.25, -0.2) is 13.2 Å². The van der Waals surface area contributed by atoms with Crippen molar-refractivity contribution >= 4 is 26.8 Å². The highest BCUT2D eigenvalue weighted by atomic mass is 32.2. The van der Waals surface area contributed by atoms with Crippen LogP contribution in [-0.4, -0.2) is 30.9 Å². The number of hydrogen-bond acceptors (Lipinski definition) is 4. The molecule has 2 rings (SSSR count). The van der Waals surface area contributed by atoms with E-state index in [0.717, 1.165) is 6.26 Å². The number of aromatic nitrogens is 1. The lowest BCUT2D eigenvalue weighted by atomic mass is 10.2. The molecule has 0 saturated carbocycles. The van der Waals surface area contributed by atoms with Gasteiger partial charge in [0.2, 0.25) is 0 Å². The Morgan fingerprint density at radius 2 is 1.85 bits per heavy atom. The fourth-order valence-electron chi connectivity index (χ4n) is 1.92. The minimum absolute atomic E-state index is 0.117. The summed E-state index contributed by atoms with van der Waals surface area (Å²) < 4.78 is 30.2. The molecule has 0 aliphatic heterocycles. The van der Waals surface area contributed by atoms with Crippen LogP contribution >= 0.6 is 0 Å². The summed E-state index contributed by atoms with van der Waals surface area (Å²) in [4.78, 5) is 12.3. The van der Waals surface area contributed by atoms with E-state index in [1.165, 1.54) is 16.8 Å². The highest BCUT2D eigenvalue weighted by Crippen LogP contribution is 2.25. The second-order valence-corrected chi connectivity index (χ2v) is 7.62. The maximum absolute atomic E-state index is 12.2. The molecule has 6 heteroatoms. The number of para-hydroxylation sites is 1. The van der Waals surface area contributed by atoms with Crippen LogP contribution in [0.15, 0.2) is 35.4 Å². The summed E-state index contributed by atoms with van der Waals surface area (Å²) in [6.07, 6.45) is 2.05. The number of sulfone groups is 1. The number of fused-ring (bicyclic) bond motifs is 1. The summed E-state index contributed by atoms with van der Waals surface area (Å²) >= 11 is 0. The van der Waals surface area contributed by atoms with Gasteiger partial charge in [0.15, 0.2) is 9.84 Å². The molecule has 0 radical (unpaired) electrons. The first-order valence-corrected chi connectivity index (χ1v) is 8.02. The van der Waals surface area contributed by atoms with Crippen molar-refractivity contribution in [3.63, 3.8) is 0 Å². The third kappa shape index (κ3) is 2.85. The van der Waals surface area contributed by atoms with Gasteiger partial charge in [-0.3, -0.25) is 4.57 Å². The standard InChI is InChI=1S/C14H17NO4S/c1-14(2,3)19-13(16)15-9-8-10-6-5-7-11(12(10)15)20(4,17)18/h5-9H,1-4H3. The van der Waals surface area contributed by atoms with Gasteiger partial charge in [0, 0.05) is 17.8 Å². The van der Waals surface area contributed by atoms with Crippen LogP contribution in [0.4, 0.5) is 4.79 Å². The van der Waals surface area contributed by atoms with Gasteiger partial charge in [0.25, 0.3) is 0 Å². The molecule has 1 aromatic heterocycles. The molecular weight excluding hydrogens is 278 g/mol. The average Bonchev–Trinajstić information content (AvgIpc) is 2.68. The van der Waals surface area contributed by atoms with Crippen LogP contribution < -0.4 is 0 Å². The third-order valence-electron chi connectivity index (χ3n) is 2.66. The molecule has 0 amide bonds. The number of ether oxygens (including phenoxy) is 1. The normalized spacial score (nSPS) is 12.6. The average molecular weight is 295 g/mol. The SMILES string of the molecule is CC(C)(C)OC(=O)n1ccc2cccc(S(C)(=O)=O)c21. The van der Waals surface area contributed by atoms with Gasteiger partial charge in [-0.2, -0.15) is 0 Å². The topological polar surface area (TPSA) is 65.4 Å². The molecule has 0 aliphatic rings. The van der Waals surface area contributed by atoms with Gasteiger partial charge in [-0.15, -0.1) is 0 Å². The summed E-state index contributed by atoms with van der Waals surface area (Å²) in [5, 5.41) is 0.679. The fraction of sp³-hybridized carbons (Fsp3) is 0.357. The predicted octanol–water partition coefficient (Wildman–Crippen LogP) is 2.83. The van der Waals surface area contributed by atoms with E-state index in [-0.39, 0.29) is 4.90 Å². The lowest BCUT2D eigenvalue weighted by molar-refractivity contribution is 0.0544. The molecule has 0 saturated heterocycles. The largest absolute Gasteiger partial charge is 0.443 e. The van der Waals surface area contributed by atoms with E-state index in [4.69, 9.17) is 4.74 Å². The summed E-state index contributed by atoms with van der Waals surface area (Å²) in [7, 11) is -3.43. The molecule has 1 heterocycles. The zero-order valence-electron chi connectivity index (χ0n) is 11.9. The van der Waals surface area contributed by atoms with Crippen molar-refractivity contribution in [3.05, 3.63) is 30.5 Å². The summed E-state index contributed by atoms with van der Waals surface area (Å²) in [6, 6.07) is 6.58. The van der Waals surface area contributed by atoms with Crippen LogP contribution in [-0.2, 0) is 14.6 Å². The summed E-state index contributed by atoms with van der Waals surface area (Å²) in [5.74, 6) is 0. The second-order valence-electron chi connectivity index (χ2n) is 5.63. The molecule has 0 spiro atoms. The van der Waals surface area contributed by atoms with Crippen molar-refractivity contribution < 1.29 is 17.9 Å². The number of carbonyl (C=O) groups is 1. The highest BCUT2D eigenvalue weighted by molar-refractivity contribution is 7.91. The Labute approximate surface area is 118 Å². The maximum Gasteiger partial charge on any atom is 0.419 e. The Kier molecular flexibility index (Phi) is 3.37. The zero-order chi connectivity index (χ0) is 15.1. The van der Waals surface area contributed by atoms with E-state index in [0.29, 0.717) is 10.9 Å². The Hall–Kier alpha value is -1.82. The van der Waals surface area contributed by atoms with Gasteiger partial charge in [0.1, 0.15) is 5.60 Å². The van der Waals surface area contributed by atoms with Crippen LogP contribution in [0.25, 0.3) is 10.9 Å². The van der Waals surface area contributed by atoms with Gasteiger partial charge < -0.3 is 4.74 Å². The van der Waals surface area contributed by atoms with Gasteiger partial charge in [0.05, 0.1) is 10.4 Å². The Balaban J connectivity index is 2.65. The number of benzene rings is 1. The Morgan fingerprint density at radius 3 is 2.40 bits per heavy atom. The van der Waals surface area contributed by atoms with Crippen LogP contribution in [0, 0.1) is 0 Å². The predicted molar refractivity (Wildman–Crippen MR) is 76.7 cm³/mol. The van der Waals surface area contributed by atoms with Crippen LogP contribution in [0.1, 0.15) is 20.8 Å². The smallest absolute Gasteiger partial charge is 0.419 e. The lowest BCUT2D eigenvalue weighted by Crippen LogP contribution is -2.27. The van der Waals surface area contributed by atoms with Crippen LogP contribution in [0.5, 0.6) is 0 Å². The van der Waals surface area contributed by atoms with E-state index in [2.05, 4.69) is 0 Å². The van der Waals surface area contributed by atoms with Crippen molar-refractivity contribution in [2.24, 2.45) is 0 Å². The molecule has 0 N–H and O–H groups in total. The molecule has 0 fully saturated rings. The molecular formula is C14H17NO4S. The zero-order valence-corrected chi connectivity index (χ0v) is 12.7. The monoisotopic (exact) mass is 295 g/mol. The van der Waals surface area contributed by atoms with E-state index in [9.17, 15) is 13.2 Å². The minimum Gasteiger partial charge on any atom is -0.443 e. The Bertz CT molecular complexity index is 766. The molecule has 0 bridgehead atoms. The van der Waals surface area contributed by atoms with E-state index < -0.39 is 21.5 Å². The maximum atomic E-state index is 12.2. The van der Waals surface area contributed by atoms with Gasteiger partial charge >= 0.3 is 6.09 Å². The van der Waals surface area contributed by atoms with Gasteiger partial charge in [-0.1, -0.05) is 12.1 Å². The summed E-state index contributed by atoms with van der Waals surface area (Å²) in [6.45, 7) is 5.27. The molecule has 0 unspecified atom stereocenters. The minimum atomic E-state index is -3.43. The van der Waals surface area contributed by atoms with Crippen molar-refractivity contribution in [2.45, 2.75) is 31.3 Å². The van der Waals surface area contributed by atoms with Crippen molar-refractivity contribution in [3.8, 4) is 0 Å². The molecule has 5 nitrogen and oxygen atoms in total. The first kappa shape index (κ1) is 14.6. The number of hydrogen-bond donors (Lipinski definition) is 0. The van der Waals surface area contributed by atoms with Crippen molar-refractivity contribution in [2.75, 3.05) is 6.26 Å². The first-order valence-electron chi connectivity index (χ1n) is 6.13. The van der Waals surface area contributed by atoms with Crippen LogP contribution in [0.2, 0.25) is 0 Å². The highest BCUT2D eigenvalue weighted by Gasteiger charge is 2.22.